The molecule has 0 bridgehead atoms. The number of ketones is 1. The molecular weight excluding hydrogens is 296 g/mol. The van der Waals surface area contributed by atoms with E-state index in [1.165, 1.54) is 37.7 Å². The third kappa shape index (κ3) is 1.52. The van der Waals surface area contributed by atoms with Crippen LogP contribution in [0.3, 0.4) is 0 Å². The molecule has 132 valence electrons. The molecule has 0 aromatic carbocycles. The van der Waals surface area contributed by atoms with Crippen LogP contribution in [0.25, 0.3) is 0 Å². The van der Waals surface area contributed by atoms with Crippen molar-refractivity contribution >= 4 is 5.78 Å². The fourth-order valence-corrected chi connectivity index (χ4v) is 8.66. The first-order valence-corrected chi connectivity index (χ1v) is 10.2. The minimum atomic E-state index is -0.0868. The molecule has 5 aliphatic rings. The zero-order valence-electron chi connectivity index (χ0n) is 15.3. The molecule has 0 aliphatic heterocycles. The van der Waals surface area contributed by atoms with Crippen LogP contribution >= 0.6 is 0 Å². The molecule has 5 aliphatic carbocycles. The van der Waals surface area contributed by atoms with Gasteiger partial charge in [0.1, 0.15) is 5.78 Å². The summed E-state index contributed by atoms with van der Waals surface area (Å²) in [7, 11) is 0. The van der Waals surface area contributed by atoms with Crippen molar-refractivity contribution < 1.29 is 9.90 Å². The molecule has 0 aromatic rings. The van der Waals surface area contributed by atoms with Gasteiger partial charge in [-0.3, -0.25) is 4.79 Å². The quantitative estimate of drug-likeness (QED) is 0.664. The van der Waals surface area contributed by atoms with Crippen molar-refractivity contribution in [3.05, 3.63) is 12.2 Å². The van der Waals surface area contributed by atoms with Crippen molar-refractivity contribution in [3.8, 4) is 0 Å². The van der Waals surface area contributed by atoms with Gasteiger partial charge in [-0.25, -0.2) is 0 Å². The summed E-state index contributed by atoms with van der Waals surface area (Å²) in [5.74, 6) is 2.91. The number of aliphatic hydroxyl groups excluding tert-OH is 1. The molecule has 1 spiro atoms. The average Bonchev–Trinajstić information content (AvgIpc) is 2.83. The van der Waals surface area contributed by atoms with Crippen molar-refractivity contribution in [1.29, 1.82) is 0 Å². The molecule has 0 aromatic heterocycles. The molecule has 5 fully saturated rings. The van der Waals surface area contributed by atoms with Crippen LogP contribution < -0.4 is 0 Å². The number of hydrogen-bond acceptors (Lipinski definition) is 2. The van der Waals surface area contributed by atoms with Gasteiger partial charge in [-0.05, 0) is 85.4 Å². The monoisotopic (exact) mass is 328 g/mol. The zero-order valence-corrected chi connectivity index (χ0v) is 15.3. The smallest absolute Gasteiger partial charge is 0.140 e. The van der Waals surface area contributed by atoms with Crippen molar-refractivity contribution in [2.75, 3.05) is 0 Å². The van der Waals surface area contributed by atoms with E-state index in [4.69, 9.17) is 0 Å². The standard InChI is InChI=1S/C22H32O2/c1-13-12-22-11-6-14-15-4-5-18(24)20(15,2)9-7-16(14)21(22,3)10-8-17(23)19(13)22/h14-16,18-19,24H,1,4-12H2,2-3H3/t14-,15-,16-,18-,19+,20-,21+,22+/m0/s1. The summed E-state index contributed by atoms with van der Waals surface area (Å²) >= 11 is 0. The van der Waals surface area contributed by atoms with E-state index < -0.39 is 0 Å². The van der Waals surface area contributed by atoms with E-state index >= 15 is 0 Å². The van der Waals surface area contributed by atoms with Gasteiger partial charge in [0.15, 0.2) is 0 Å². The van der Waals surface area contributed by atoms with Gasteiger partial charge >= 0.3 is 0 Å². The van der Waals surface area contributed by atoms with Crippen LogP contribution in [0.5, 0.6) is 0 Å². The number of rotatable bonds is 0. The highest BCUT2D eigenvalue weighted by Crippen LogP contribution is 2.76. The highest BCUT2D eigenvalue weighted by Gasteiger charge is 2.70. The Balaban J connectivity index is 1.53. The number of fused-ring (bicyclic) bond motifs is 4. The highest BCUT2D eigenvalue weighted by atomic mass is 16.3. The van der Waals surface area contributed by atoms with Crippen molar-refractivity contribution in [2.24, 2.45) is 39.9 Å². The lowest BCUT2D eigenvalue weighted by Gasteiger charge is -2.71. The van der Waals surface area contributed by atoms with Crippen LogP contribution in [-0.4, -0.2) is 17.0 Å². The maximum Gasteiger partial charge on any atom is 0.140 e. The topological polar surface area (TPSA) is 37.3 Å². The highest BCUT2D eigenvalue weighted by molar-refractivity contribution is 5.87. The minimum absolute atomic E-state index is 0.0868. The third-order valence-corrected chi connectivity index (χ3v) is 9.98. The number of aliphatic hydroxyl groups is 1. The fraction of sp³-hybridized carbons (Fsp3) is 0.864. The van der Waals surface area contributed by atoms with Gasteiger partial charge in [0, 0.05) is 12.3 Å². The molecule has 5 saturated carbocycles. The van der Waals surface area contributed by atoms with Gasteiger partial charge < -0.3 is 5.11 Å². The summed E-state index contributed by atoms with van der Waals surface area (Å²) in [6, 6.07) is 0. The number of hydrogen-bond donors (Lipinski definition) is 1. The molecule has 0 saturated heterocycles. The predicted molar refractivity (Wildman–Crippen MR) is 94.3 cm³/mol. The maximum absolute atomic E-state index is 12.6. The van der Waals surface area contributed by atoms with Gasteiger partial charge in [-0.15, -0.1) is 0 Å². The molecule has 0 amide bonds. The molecule has 5 rings (SSSR count). The van der Waals surface area contributed by atoms with E-state index in [1.807, 2.05) is 0 Å². The molecule has 1 N–H and O–H groups in total. The summed E-state index contributed by atoms with van der Waals surface area (Å²) in [5.41, 5.74) is 1.95. The molecule has 0 unspecified atom stereocenters. The summed E-state index contributed by atoms with van der Waals surface area (Å²) in [6.45, 7) is 9.13. The van der Waals surface area contributed by atoms with Crippen LogP contribution in [0, 0.1) is 39.9 Å². The Bertz CT molecular complexity index is 623. The average molecular weight is 328 g/mol. The summed E-state index contributed by atoms with van der Waals surface area (Å²) < 4.78 is 0. The van der Waals surface area contributed by atoms with E-state index in [-0.39, 0.29) is 22.9 Å². The maximum atomic E-state index is 12.6. The van der Waals surface area contributed by atoms with Crippen LogP contribution in [0.4, 0.5) is 0 Å². The third-order valence-electron chi connectivity index (χ3n) is 9.98. The Labute approximate surface area is 146 Å². The molecular formula is C22H32O2. The van der Waals surface area contributed by atoms with Crippen LogP contribution in [0.2, 0.25) is 0 Å². The SMILES string of the molecule is C=C1C[C@@]23CC[C@H]4[C@@H]5CC[C@H](O)[C@@]5(C)CC[C@@H]4[C@@]2(C)CCC(=O)[C@@H]13. The van der Waals surface area contributed by atoms with Crippen LogP contribution in [0.15, 0.2) is 12.2 Å². The van der Waals surface area contributed by atoms with Crippen molar-refractivity contribution in [1.82, 2.24) is 0 Å². The van der Waals surface area contributed by atoms with E-state index in [2.05, 4.69) is 20.4 Å². The minimum Gasteiger partial charge on any atom is -0.393 e. The largest absolute Gasteiger partial charge is 0.393 e. The van der Waals surface area contributed by atoms with Gasteiger partial charge in [-0.1, -0.05) is 26.0 Å². The Morgan fingerprint density at radius 1 is 1.04 bits per heavy atom. The van der Waals surface area contributed by atoms with E-state index in [9.17, 15) is 9.90 Å². The Morgan fingerprint density at radius 3 is 2.58 bits per heavy atom. The first-order valence-electron chi connectivity index (χ1n) is 10.2. The van der Waals surface area contributed by atoms with Crippen molar-refractivity contribution in [2.45, 2.75) is 77.7 Å². The van der Waals surface area contributed by atoms with E-state index in [1.54, 1.807) is 0 Å². The number of Topliss-reactive ketones (excluding diaryl/α,β-unsaturated/α-hetero) is 1. The van der Waals surface area contributed by atoms with Gasteiger partial charge in [-0.2, -0.15) is 0 Å². The Kier molecular flexibility index (Phi) is 2.96. The van der Waals surface area contributed by atoms with Gasteiger partial charge in [0.25, 0.3) is 0 Å². The van der Waals surface area contributed by atoms with Gasteiger partial charge in [0.2, 0.25) is 0 Å². The van der Waals surface area contributed by atoms with Crippen LogP contribution in [-0.2, 0) is 4.79 Å². The first-order chi connectivity index (χ1) is 11.3. The van der Waals surface area contributed by atoms with Gasteiger partial charge in [0.05, 0.1) is 6.10 Å². The second-order valence-electron chi connectivity index (χ2n) is 10.4. The lowest BCUT2D eigenvalue weighted by molar-refractivity contribution is -0.201. The molecule has 2 nitrogen and oxygen atoms in total. The van der Waals surface area contributed by atoms with E-state index in [0.29, 0.717) is 17.1 Å². The Morgan fingerprint density at radius 2 is 1.83 bits per heavy atom. The molecule has 24 heavy (non-hydrogen) atoms. The number of allylic oxidation sites excluding steroid dienone is 1. The summed E-state index contributed by atoms with van der Waals surface area (Å²) in [6.07, 6.45) is 10.1. The van der Waals surface area contributed by atoms with Crippen LogP contribution in [0.1, 0.15) is 71.6 Å². The summed E-state index contributed by atoms with van der Waals surface area (Å²) in [4.78, 5) is 12.6. The normalized spacial score (nSPS) is 59.0. The van der Waals surface area contributed by atoms with E-state index in [0.717, 1.165) is 37.5 Å². The fourth-order valence-electron chi connectivity index (χ4n) is 8.66. The lowest BCUT2D eigenvalue weighted by Crippen LogP contribution is -2.66. The number of carbonyl (C=O) groups excluding carboxylic acids is 1. The predicted octanol–water partition coefficient (Wildman–Crippen LogP) is 4.52. The zero-order chi connectivity index (χ0) is 16.9. The Hall–Kier alpha value is -0.630. The second-order valence-corrected chi connectivity index (χ2v) is 10.4. The van der Waals surface area contributed by atoms with Crippen molar-refractivity contribution in [3.63, 3.8) is 0 Å². The number of carbonyl (C=O) groups is 1. The molecule has 0 radical (unpaired) electrons. The molecule has 8 atom stereocenters. The molecule has 0 heterocycles. The second kappa shape index (κ2) is 4.55. The lowest BCUT2D eigenvalue weighted by atomic mass is 9.32. The first kappa shape index (κ1) is 15.6. The molecule has 2 heteroatoms. The summed E-state index contributed by atoms with van der Waals surface area (Å²) in [5, 5.41) is 10.6.